The van der Waals surface area contributed by atoms with Crippen LogP contribution in [0.3, 0.4) is 0 Å². The van der Waals surface area contributed by atoms with Crippen molar-refractivity contribution < 1.29 is 14.3 Å². The highest BCUT2D eigenvalue weighted by Gasteiger charge is 2.17. The number of carbonyl (C=O) groups is 1. The molecule has 1 fully saturated rings. The Morgan fingerprint density at radius 2 is 1.69 bits per heavy atom. The van der Waals surface area contributed by atoms with E-state index >= 15 is 0 Å². The maximum absolute atomic E-state index is 12.8. The van der Waals surface area contributed by atoms with Gasteiger partial charge < -0.3 is 14.8 Å². The number of nitrogens with zero attached hydrogens (tertiary/aromatic N) is 1. The molecular formula is C24H32N2O3. The van der Waals surface area contributed by atoms with Crippen molar-refractivity contribution in [3.63, 3.8) is 0 Å². The van der Waals surface area contributed by atoms with Crippen molar-refractivity contribution in [3.8, 4) is 11.5 Å². The summed E-state index contributed by atoms with van der Waals surface area (Å²) in [6.07, 6.45) is 4.70. The largest absolute Gasteiger partial charge is 0.493 e. The van der Waals surface area contributed by atoms with Crippen molar-refractivity contribution in [2.75, 3.05) is 27.3 Å². The number of hydrogen-bond acceptors (Lipinski definition) is 4. The minimum atomic E-state index is -0.0877. The molecule has 1 aliphatic heterocycles. The molecule has 3 rings (SSSR count). The lowest BCUT2D eigenvalue weighted by Gasteiger charge is -2.26. The zero-order valence-electron chi connectivity index (χ0n) is 17.7. The first kappa shape index (κ1) is 21.2. The molecular weight excluding hydrogens is 364 g/mol. The van der Waals surface area contributed by atoms with Gasteiger partial charge in [-0.15, -0.1) is 0 Å². The lowest BCUT2D eigenvalue weighted by molar-refractivity contribution is 0.0935. The maximum Gasteiger partial charge on any atom is 0.251 e. The van der Waals surface area contributed by atoms with Gasteiger partial charge in [0.05, 0.1) is 20.3 Å². The molecule has 5 nitrogen and oxygen atoms in total. The lowest BCUT2D eigenvalue weighted by atomic mass is 10.0. The number of benzene rings is 2. The van der Waals surface area contributed by atoms with Crippen LogP contribution in [-0.4, -0.2) is 38.1 Å². The number of hydrogen-bond donors (Lipinski definition) is 1. The number of rotatable bonds is 8. The number of likely N-dealkylation sites (tertiary alicyclic amines) is 1. The molecule has 1 amide bonds. The lowest BCUT2D eigenvalue weighted by Crippen LogP contribution is -2.29. The molecule has 2 aromatic rings. The van der Waals surface area contributed by atoms with E-state index in [4.69, 9.17) is 9.47 Å². The fraction of sp³-hybridized carbons (Fsp3) is 0.458. The van der Waals surface area contributed by atoms with Gasteiger partial charge in [-0.2, -0.15) is 0 Å². The summed E-state index contributed by atoms with van der Waals surface area (Å²) in [5.41, 5.74) is 2.95. The number of carbonyl (C=O) groups excluding carboxylic acids is 1. The monoisotopic (exact) mass is 396 g/mol. The van der Waals surface area contributed by atoms with E-state index in [9.17, 15) is 4.79 Å². The van der Waals surface area contributed by atoms with Crippen LogP contribution < -0.4 is 14.8 Å². The standard InChI is InChI=1S/C24H32N2O3/c1-4-21(20-12-13-22(28-2)23(16-20)29-3)25-24(27)19-10-8-18(9-11-19)17-26-14-6-5-7-15-26/h8-13,16,21H,4-7,14-15,17H2,1-3H3,(H,25,27)/t21-/m0/s1. The first-order valence-electron chi connectivity index (χ1n) is 10.5. The normalized spacial score (nSPS) is 15.6. The summed E-state index contributed by atoms with van der Waals surface area (Å²) in [6.45, 7) is 5.37. The number of piperidine rings is 1. The Morgan fingerprint density at radius 3 is 2.31 bits per heavy atom. The van der Waals surface area contributed by atoms with E-state index in [-0.39, 0.29) is 11.9 Å². The molecule has 0 spiro atoms. The zero-order chi connectivity index (χ0) is 20.6. The molecule has 5 heteroatoms. The van der Waals surface area contributed by atoms with Crippen LogP contribution >= 0.6 is 0 Å². The van der Waals surface area contributed by atoms with Gasteiger partial charge in [0.1, 0.15) is 0 Å². The molecule has 1 N–H and O–H groups in total. The molecule has 0 saturated carbocycles. The Balaban J connectivity index is 1.64. The Morgan fingerprint density at radius 1 is 1.00 bits per heavy atom. The minimum absolute atomic E-state index is 0.0591. The molecule has 0 aromatic heterocycles. The van der Waals surface area contributed by atoms with Crippen LogP contribution in [0.15, 0.2) is 42.5 Å². The average molecular weight is 397 g/mol. The third-order valence-electron chi connectivity index (χ3n) is 5.59. The fourth-order valence-electron chi connectivity index (χ4n) is 3.87. The van der Waals surface area contributed by atoms with E-state index in [0.29, 0.717) is 17.1 Å². The number of methoxy groups -OCH3 is 2. The molecule has 156 valence electrons. The number of amides is 1. The van der Waals surface area contributed by atoms with Crippen LogP contribution in [-0.2, 0) is 6.54 Å². The Hall–Kier alpha value is -2.53. The summed E-state index contributed by atoms with van der Waals surface area (Å²) in [4.78, 5) is 15.3. The second-order valence-corrected chi connectivity index (χ2v) is 7.58. The number of ether oxygens (including phenoxy) is 2. The van der Waals surface area contributed by atoms with Gasteiger partial charge in [-0.05, 0) is 67.7 Å². The van der Waals surface area contributed by atoms with E-state index in [1.807, 2.05) is 30.3 Å². The molecule has 0 aliphatic carbocycles. The van der Waals surface area contributed by atoms with Crippen LogP contribution in [0.2, 0.25) is 0 Å². The molecule has 0 radical (unpaired) electrons. The van der Waals surface area contributed by atoms with E-state index in [1.165, 1.54) is 37.9 Å². The van der Waals surface area contributed by atoms with Crippen molar-refractivity contribution >= 4 is 5.91 Å². The van der Waals surface area contributed by atoms with Gasteiger partial charge in [-0.1, -0.05) is 31.5 Å². The topological polar surface area (TPSA) is 50.8 Å². The predicted octanol–water partition coefficient (Wildman–Crippen LogP) is 4.57. The van der Waals surface area contributed by atoms with E-state index in [2.05, 4.69) is 29.3 Å². The smallest absolute Gasteiger partial charge is 0.251 e. The van der Waals surface area contributed by atoms with Gasteiger partial charge >= 0.3 is 0 Å². The fourth-order valence-corrected chi connectivity index (χ4v) is 3.87. The summed E-state index contributed by atoms with van der Waals surface area (Å²) in [7, 11) is 3.23. The highest BCUT2D eigenvalue weighted by atomic mass is 16.5. The number of nitrogens with one attached hydrogen (secondary N) is 1. The summed E-state index contributed by atoms with van der Waals surface area (Å²) < 4.78 is 10.7. The van der Waals surface area contributed by atoms with Crippen LogP contribution in [0, 0.1) is 0 Å². The van der Waals surface area contributed by atoms with Gasteiger partial charge in [0, 0.05) is 12.1 Å². The van der Waals surface area contributed by atoms with Crippen LogP contribution in [0.5, 0.6) is 11.5 Å². The van der Waals surface area contributed by atoms with Crippen molar-refractivity contribution in [2.24, 2.45) is 0 Å². The van der Waals surface area contributed by atoms with Gasteiger partial charge in [0.15, 0.2) is 11.5 Å². The molecule has 29 heavy (non-hydrogen) atoms. The summed E-state index contributed by atoms with van der Waals surface area (Å²) >= 11 is 0. The SMILES string of the molecule is CC[C@H](NC(=O)c1ccc(CN2CCCCC2)cc1)c1ccc(OC)c(OC)c1. The molecule has 0 bridgehead atoms. The first-order valence-corrected chi connectivity index (χ1v) is 10.5. The van der Waals surface area contributed by atoms with Crippen molar-refractivity contribution in [2.45, 2.75) is 45.2 Å². The quantitative estimate of drug-likeness (QED) is 0.710. The zero-order valence-corrected chi connectivity index (χ0v) is 17.7. The van der Waals surface area contributed by atoms with E-state index in [0.717, 1.165) is 18.5 Å². The Bertz CT molecular complexity index is 798. The summed E-state index contributed by atoms with van der Waals surface area (Å²) in [5.74, 6) is 1.29. The highest BCUT2D eigenvalue weighted by molar-refractivity contribution is 5.94. The Labute approximate surface area is 174 Å². The van der Waals surface area contributed by atoms with Gasteiger partial charge in [0.25, 0.3) is 5.91 Å². The Kier molecular flexibility index (Phi) is 7.53. The van der Waals surface area contributed by atoms with Crippen molar-refractivity contribution in [3.05, 3.63) is 59.2 Å². The van der Waals surface area contributed by atoms with Gasteiger partial charge in [-0.3, -0.25) is 9.69 Å². The van der Waals surface area contributed by atoms with Gasteiger partial charge in [-0.25, -0.2) is 0 Å². The molecule has 0 unspecified atom stereocenters. The molecule has 2 aromatic carbocycles. The average Bonchev–Trinajstić information content (AvgIpc) is 2.78. The van der Waals surface area contributed by atoms with Crippen LogP contribution in [0.4, 0.5) is 0 Å². The van der Waals surface area contributed by atoms with E-state index < -0.39 is 0 Å². The summed E-state index contributed by atoms with van der Waals surface area (Å²) in [6, 6.07) is 13.7. The van der Waals surface area contributed by atoms with Crippen LogP contribution in [0.1, 0.15) is 60.1 Å². The van der Waals surface area contributed by atoms with E-state index in [1.54, 1.807) is 14.2 Å². The maximum atomic E-state index is 12.8. The third-order valence-corrected chi connectivity index (χ3v) is 5.59. The van der Waals surface area contributed by atoms with Crippen molar-refractivity contribution in [1.29, 1.82) is 0 Å². The minimum Gasteiger partial charge on any atom is -0.493 e. The van der Waals surface area contributed by atoms with Crippen molar-refractivity contribution in [1.82, 2.24) is 10.2 Å². The second kappa shape index (κ2) is 10.3. The first-order chi connectivity index (χ1) is 14.1. The van der Waals surface area contributed by atoms with Crippen LogP contribution in [0.25, 0.3) is 0 Å². The molecule has 1 aliphatic rings. The third kappa shape index (κ3) is 5.51. The molecule has 1 saturated heterocycles. The van der Waals surface area contributed by atoms with Gasteiger partial charge in [0.2, 0.25) is 0 Å². The second-order valence-electron chi connectivity index (χ2n) is 7.58. The molecule has 1 atom stereocenters. The summed E-state index contributed by atoms with van der Waals surface area (Å²) in [5, 5.41) is 3.14. The molecule has 1 heterocycles. The predicted molar refractivity (Wildman–Crippen MR) is 116 cm³/mol. The highest BCUT2D eigenvalue weighted by Crippen LogP contribution is 2.31.